The monoisotopic (exact) mass is 389 g/mol. The molecule has 3 rings (SSSR count). The first-order valence-corrected chi connectivity index (χ1v) is 10.1. The van der Waals surface area contributed by atoms with Crippen LogP contribution < -0.4 is 15.7 Å². The molecule has 1 saturated heterocycles. The highest BCUT2D eigenvalue weighted by molar-refractivity contribution is 7.90. The van der Waals surface area contributed by atoms with Crippen molar-refractivity contribution in [3.8, 4) is 0 Å². The molecular formula is C18H19N3O5S. The van der Waals surface area contributed by atoms with Gasteiger partial charge >= 0.3 is 0 Å². The second-order valence-electron chi connectivity index (χ2n) is 6.22. The molecule has 8 nitrogen and oxygen atoms in total. The minimum Gasteiger partial charge on any atom is -0.354 e. The third-order valence-corrected chi connectivity index (χ3v) is 5.51. The minimum atomic E-state index is -3.32. The molecule has 2 aromatic carbocycles. The van der Waals surface area contributed by atoms with Crippen LogP contribution >= 0.6 is 0 Å². The van der Waals surface area contributed by atoms with Crippen molar-refractivity contribution in [1.82, 2.24) is 10.8 Å². The highest BCUT2D eigenvalue weighted by Crippen LogP contribution is 2.31. The molecule has 0 bridgehead atoms. The maximum absolute atomic E-state index is 12.3. The fourth-order valence-electron chi connectivity index (χ4n) is 3.03. The van der Waals surface area contributed by atoms with Gasteiger partial charge in [-0.3, -0.25) is 14.8 Å². The van der Waals surface area contributed by atoms with Crippen LogP contribution in [0.5, 0.6) is 0 Å². The van der Waals surface area contributed by atoms with E-state index in [1.807, 2.05) is 0 Å². The number of benzene rings is 2. The Hall–Kier alpha value is -2.91. The van der Waals surface area contributed by atoms with Crippen molar-refractivity contribution in [3.05, 3.63) is 54.1 Å². The van der Waals surface area contributed by atoms with Crippen molar-refractivity contribution in [2.24, 2.45) is 0 Å². The maximum Gasteiger partial charge on any atom is 0.274 e. The molecule has 142 valence electrons. The molecule has 0 aliphatic carbocycles. The van der Waals surface area contributed by atoms with Crippen LogP contribution in [0.25, 0.3) is 0 Å². The standard InChI is InChI=1S/C18H19N3O5S/c1-27(25,26)15-8-6-14(7-9-15)21(16-10-11-19-18(16)23)13-4-2-12(3-5-13)17(22)20-24/h2-9,16,24H,10-11H2,1H3,(H,19,23)(H,20,22). The van der Waals surface area contributed by atoms with Gasteiger partial charge in [-0.1, -0.05) is 0 Å². The number of hydrogen-bond acceptors (Lipinski definition) is 6. The van der Waals surface area contributed by atoms with Gasteiger partial charge in [0.1, 0.15) is 6.04 Å². The van der Waals surface area contributed by atoms with Gasteiger partial charge in [-0.25, -0.2) is 13.9 Å². The summed E-state index contributed by atoms with van der Waals surface area (Å²) in [6.07, 6.45) is 1.72. The maximum atomic E-state index is 12.3. The third kappa shape index (κ3) is 3.93. The molecule has 1 heterocycles. The van der Waals surface area contributed by atoms with E-state index in [2.05, 4.69) is 5.32 Å². The summed E-state index contributed by atoms with van der Waals surface area (Å²) in [6.45, 7) is 0.548. The van der Waals surface area contributed by atoms with Gasteiger partial charge in [0, 0.05) is 29.7 Å². The number of nitrogens with zero attached hydrogens (tertiary/aromatic N) is 1. The molecule has 1 atom stereocenters. The zero-order valence-corrected chi connectivity index (χ0v) is 15.4. The van der Waals surface area contributed by atoms with E-state index >= 15 is 0 Å². The van der Waals surface area contributed by atoms with Crippen molar-refractivity contribution in [2.45, 2.75) is 17.4 Å². The number of anilines is 2. The largest absolute Gasteiger partial charge is 0.354 e. The van der Waals surface area contributed by atoms with Crippen molar-refractivity contribution < 1.29 is 23.2 Å². The van der Waals surface area contributed by atoms with E-state index in [4.69, 9.17) is 5.21 Å². The quantitative estimate of drug-likeness (QED) is 0.523. The van der Waals surface area contributed by atoms with Crippen LogP contribution in [0, 0.1) is 0 Å². The first-order valence-electron chi connectivity index (χ1n) is 8.23. The summed E-state index contributed by atoms with van der Waals surface area (Å²) in [6, 6.07) is 12.2. The topological polar surface area (TPSA) is 116 Å². The predicted molar refractivity (Wildman–Crippen MR) is 98.8 cm³/mol. The molecule has 27 heavy (non-hydrogen) atoms. The van der Waals surface area contributed by atoms with Gasteiger partial charge in [0.25, 0.3) is 5.91 Å². The second kappa shape index (κ2) is 7.37. The van der Waals surface area contributed by atoms with Crippen LogP contribution in [0.1, 0.15) is 16.8 Å². The first kappa shape index (κ1) is 18.9. The van der Waals surface area contributed by atoms with Crippen LogP contribution in [0.15, 0.2) is 53.4 Å². The fourth-order valence-corrected chi connectivity index (χ4v) is 3.66. The molecular weight excluding hydrogens is 370 g/mol. The average Bonchev–Trinajstić information content (AvgIpc) is 3.07. The van der Waals surface area contributed by atoms with Crippen LogP contribution in [0.2, 0.25) is 0 Å². The van der Waals surface area contributed by atoms with Crippen molar-refractivity contribution >= 4 is 33.0 Å². The van der Waals surface area contributed by atoms with Crippen molar-refractivity contribution in [3.63, 3.8) is 0 Å². The lowest BCUT2D eigenvalue weighted by atomic mass is 10.1. The Labute approximate surface area is 156 Å². The van der Waals surface area contributed by atoms with E-state index in [0.29, 0.717) is 24.3 Å². The summed E-state index contributed by atoms with van der Waals surface area (Å²) in [5.74, 6) is -0.761. The van der Waals surface area contributed by atoms with Gasteiger partial charge in [0.15, 0.2) is 9.84 Å². The second-order valence-corrected chi connectivity index (χ2v) is 8.24. The summed E-state index contributed by atoms with van der Waals surface area (Å²) in [5.41, 5.74) is 3.16. The Morgan fingerprint density at radius 3 is 2.11 bits per heavy atom. The van der Waals surface area contributed by atoms with Gasteiger partial charge < -0.3 is 10.2 Å². The molecule has 0 spiro atoms. The lowest BCUT2D eigenvalue weighted by molar-refractivity contribution is -0.120. The van der Waals surface area contributed by atoms with Gasteiger partial charge in [0.05, 0.1) is 4.90 Å². The van der Waals surface area contributed by atoms with E-state index in [-0.39, 0.29) is 16.4 Å². The van der Waals surface area contributed by atoms with Crippen molar-refractivity contribution in [1.29, 1.82) is 0 Å². The van der Waals surface area contributed by atoms with Gasteiger partial charge in [-0.2, -0.15) is 0 Å². The molecule has 1 aliphatic heterocycles. The number of hydrogen-bond donors (Lipinski definition) is 3. The van der Waals surface area contributed by atoms with E-state index in [1.165, 1.54) is 24.3 Å². The predicted octanol–water partition coefficient (Wildman–Crippen LogP) is 1.24. The molecule has 3 N–H and O–H groups in total. The Morgan fingerprint density at radius 2 is 1.67 bits per heavy atom. The molecule has 1 aliphatic rings. The minimum absolute atomic E-state index is 0.126. The highest BCUT2D eigenvalue weighted by Gasteiger charge is 2.31. The number of nitrogens with one attached hydrogen (secondary N) is 2. The van der Waals surface area contributed by atoms with E-state index in [1.54, 1.807) is 34.6 Å². The average molecular weight is 389 g/mol. The first-order chi connectivity index (χ1) is 12.8. The van der Waals surface area contributed by atoms with Crippen LogP contribution in [0.4, 0.5) is 11.4 Å². The summed E-state index contributed by atoms with van der Waals surface area (Å²) < 4.78 is 23.4. The smallest absolute Gasteiger partial charge is 0.274 e. The normalized spacial score (nSPS) is 16.7. The Morgan fingerprint density at radius 1 is 1.11 bits per heavy atom. The Bertz CT molecular complexity index is 955. The zero-order chi connectivity index (χ0) is 19.6. The number of sulfone groups is 1. The number of rotatable bonds is 5. The molecule has 0 radical (unpaired) electrons. The number of carbonyl (C=O) groups is 2. The third-order valence-electron chi connectivity index (χ3n) is 4.38. The van der Waals surface area contributed by atoms with Crippen LogP contribution in [-0.2, 0) is 14.6 Å². The molecule has 1 unspecified atom stereocenters. The Kier molecular flexibility index (Phi) is 5.15. The van der Waals surface area contributed by atoms with E-state index in [0.717, 1.165) is 6.26 Å². The van der Waals surface area contributed by atoms with Gasteiger partial charge in [-0.15, -0.1) is 0 Å². The molecule has 2 aromatic rings. The molecule has 9 heteroatoms. The summed E-state index contributed by atoms with van der Waals surface area (Å²) in [7, 11) is -3.32. The Balaban J connectivity index is 2.01. The van der Waals surface area contributed by atoms with E-state index < -0.39 is 21.8 Å². The summed E-state index contributed by atoms with van der Waals surface area (Å²) in [4.78, 5) is 25.8. The number of hydroxylamine groups is 1. The zero-order valence-electron chi connectivity index (χ0n) is 14.5. The SMILES string of the molecule is CS(=O)(=O)c1ccc(N(c2ccc(C(=O)NO)cc2)C2CCNC2=O)cc1. The molecule has 0 aromatic heterocycles. The molecule has 0 saturated carbocycles. The fraction of sp³-hybridized carbons (Fsp3) is 0.222. The van der Waals surface area contributed by atoms with Gasteiger partial charge in [-0.05, 0) is 55.0 Å². The van der Waals surface area contributed by atoms with Crippen LogP contribution in [0.3, 0.4) is 0 Å². The van der Waals surface area contributed by atoms with Crippen molar-refractivity contribution in [2.75, 3.05) is 17.7 Å². The lowest BCUT2D eigenvalue weighted by Crippen LogP contribution is -2.37. The molecule has 2 amide bonds. The van der Waals surface area contributed by atoms with E-state index in [9.17, 15) is 18.0 Å². The van der Waals surface area contributed by atoms with Crippen LogP contribution in [-0.4, -0.2) is 44.3 Å². The lowest BCUT2D eigenvalue weighted by Gasteiger charge is -2.29. The summed E-state index contributed by atoms with van der Waals surface area (Å²) in [5, 5.41) is 11.5. The highest BCUT2D eigenvalue weighted by atomic mass is 32.2. The number of amides is 2. The molecule has 1 fully saturated rings. The summed E-state index contributed by atoms with van der Waals surface area (Å²) >= 11 is 0. The number of carbonyl (C=O) groups excluding carboxylic acids is 2. The van der Waals surface area contributed by atoms with Gasteiger partial charge in [0.2, 0.25) is 5.91 Å².